The van der Waals surface area contributed by atoms with Crippen molar-refractivity contribution in [3.8, 4) is 0 Å². The molecule has 0 aliphatic carbocycles. The van der Waals surface area contributed by atoms with Gasteiger partial charge in [-0.1, -0.05) is 11.6 Å². The van der Waals surface area contributed by atoms with Gasteiger partial charge < -0.3 is 19.1 Å². The summed E-state index contributed by atoms with van der Waals surface area (Å²) in [5, 5.41) is 0.599. The van der Waals surface area contributed by atoms with E-state index in [1.165, 1.54) is 6.26 Å². The van der Waals surface area contributed by atoms with Gasteiger partial charge in [0, 0.05) is 55.8 Å². The predicted molar refractivity (Wildman–Crippen MR) is 111 cm³/mol. The van der Waals surface area contributed by atoms with Crippen molar-refractivity contribution in [2.24, 2.45) is 5.92 Å². The van der Waals surface area contributed by atoms with Gasteiger partial charge >= 0.3 is 0 Å². The van der Waals surface area contributed by atoms with Crippen LogP contribution in [0.3, 0.4) is 0 Å². The minimum atomic E-state index is -0.138. The number of amides is 3. The fourth-order valence-corrected chi connectivity index (χ4v) is 4.17. The topological polar surface area (TPSA) is 74.1 Å². The third kappa shape index (κ3) is 4.36. The van der Waals surface area contributed by atoms with E-state index in [-0.39, 0.29) is 23.6 Å². The van der Waals surface area contributed by atoms with Crippen molar-refractivity contribution in [2.45, 2.75) is 12.8 Å². The van der Waals surface area contributed by atoms with Gasteiger partial charge in [0.2, 0.25) is 5.91 Å². The van der Waals surface area contributed by atoms with Crippen LogP contribution < -0.4 is 0 Å². The molecule has 7 nitrogen and oxygen atoms in total. The Hall–Kier alpha value is -2.80. The highest BCUT2D eigenvalue weighted by Gasteiger charge is 2.33. The molecule has 0 N–H and O–H groups in total. The minimum absolute atomic E-state index is 0.0254. The van der Waals surface area contributed by atoms with E-state index in [0.717, 1.165) is 0 Å². The van der Waals surface area contributed by atoms with Crippen LogP contribution in [0.4, 0.5) is 0 Å². The van der Waals surface area contributed by atoms with Crippen LogP contribution in [-0.4, -0.2) is 71.7 Å². The Morgan fingerprint density at radius 2 is 1.40 bits per heavy atom. The summed E-state index contributed by atoms with van der Waals surface area (Å²) in [5.74, 6) is 0.210. The summed E-state index contributed by atoms with van der Waals surface area (Å²) < 4.78 is 5.17. The Morgan fingerprint density at radius 1 is 0.800 bits per heavy atom. The van der Waals surface area contributed by atoms with E-state index in [1.54, 1.807) is 46.2 Å². The summed E-state index contributed by atoms with van der Waals surface area (Å²) in [7, 11) is 0. The average molecular weight is 430 g/mol. The molecule has 0 spiro atoms. The van der Waals surface area contributed by atoms with Crippen LogP contribution in [0.5, 0.6) is 0 Å². The molecule has 4 rings (SSSR count). The highest BCUT2D eigenvalue weighted by molar-refractivity contribution is 6.30. The number of piperidine rings is 1. The van der Waals surface area contributed by atoms with Crippen LogP contribution in [0.15, 0.2) is 47.1 Å². The molecule has 0 bridgehead atoms. The van der Waals surface area contributed by atoms with E-state index in [9.17, 15) is 14.4 Å². The second kappa shape index (κ2) is 8.92. The standard InChI is InChI=1S/C22H24ClN3O4/c23-18-5-3-16(4-6-18)20(27)24-9-7-17(8-10-24)21(28)25-11-13-26(14-12-25)22(29)19-2-1-15-30-19/h1-6,15,17H,7-14H2. The van der Waals surface area contributed by atoms with Gasteiger partial charge in [-0.05, 0) is 49.2 Å². The Morgan fingerprint density at radius 3 is 2.00 bits per heavy atom. The zero-order valence-electron chi connectivity index (χ0n) is 16.6. The fraction of sp³-hybridized carbons (Fsp3) is 0.409. The second-order valence-electron chi connectivity index (χ2n) is 7.67. The van der Waals surface area contributed by atoms with Gasteiger partial charge in [-0.2, -0.15) is 0 Å². The smallest absolute Gasteiger partial charge is 0.289 e. The molecule has 0 saturated carbocycles. The first-order valence-corrected chi connectivity index (χ1v) is 10.6. The van der Waals surface area contributed by atoms with Crippen molar-refractivity contribution in [3.05, 3.63) is 59.0 Å². The zero-order chi connectivity index (χ0) is 21.1. The van der Waals surface area contributed by atoms with Crippen molar-refractivity contribution in [1.29, 1.82) is 0 Å². The van der Waals surface area contributed by atoms with Crippen molar-refractivity contribution < 1.29 is 18.8 Å². The quantitative estimate of drug-likeness (QED) is 0.752. The molecule has 3 heterocycles. The van der Waals surface area contributed by atoms with E-state index >= 15 is 0 Å². The van der Waals surface area contributed by atoms with Crippen LogP contribution in [0.25, 0.3) is 0 Å². The van der Waals surface area contributed by atoms with Gasteiger partial charge in [0.15, 0.2) is 5.76 Å². The van der Waals surface area contributed by atoms with E-state index in [2.05, 4.69) is 0 Å². The van der Waals surface area contributed by atoms with Crippen molar-refractivity contribution in [3.63, 3.8) is 0 Å². The van der Waals surface area contributed by atoms with Gasteiger partial charge in [0.1, 0.15) is 0 Å². The van der Waals surface area contributed by atoms with Crippen LogP contribution >= 0.6 is 11.6 Å². The number of carbonyl (C=O) groups is 3. The molecule has 8 heteroatoms. The van der Waals surface area contributed by atoms with Crippen molar-refractivity contribution >= 4 is 29.3 Å². The molecular weight excluding hydrogens is 406 g/mol. The van der Waals surface area contributed by atoms with E-state index in [4.69, 9.17) is 16.0 Å². The van der Waals surface area contributed by atoms with Gasteiger partial charge in [0.25, 0.3) is 11.8 Å². The van der Waals surface area contributed by atoms with Crippen LogP contribution in [0.2, 0.25) is 5.02 Å². The van der Waals surface area contributed by atoms with E-state index in [0.29, 0.717) is 68.5 Å². The highest BCUT2D eigenvalue weighted by atomic mass is 35.5. The number of nitrogens with zero attached hydrogens (tertiary/aromatic N) is 3. The first kappa shape index (κ1) is 20.5. The summed E-state index contributed by atoms with van der Waals surface area (Å²) in [6, 6.07) is 10.2. The lowest BCUT2D eigenvalue weighted by Crippen LogP contribution is -2.53. The molecule has 3 amide bonds. The van der Waals surface area contributed by atoms with Gasteiger partial charge in [0.05, 0.1) is 6.26 Å². The lowest BCUT2D eigenvalue weighted by Gasteiger charge is -2.38. The predicted octanol–water partition coefficient (Wildman–Crippen LogP) is 2.77. The first-order chi connectivity index (χ1) is 14.5. The Labute approximate surface area is 180 Å². The summed E-state index contributed by atoms with van der Waals surface area (Å²) in [6.07, 6.45) is 2.80. The molecule has 0 radical (unpaired) electrons. The number of likely N-dealkylation sites (tertiary alicyclic amines) is 1. The summed E-state index contributed by atoms with van der Waals surface area (Å²) in [4.78, 5) is 43.3. The molecular formula is C22H24ClN3O4. The first-order valence-electron chi connectivity index (χ1n) is 10.2. The molecule has 2 aliphatic rings. The van der Waals surface area contributed by atoms with Gasteiger partial charge in [-0.25, -0.2) is 0 Å². The maximum Gasteiger partial charge on any atom is 0.289 e. The van der Waals surface area contributed by atoms with Gasteiger partial charge in [-0.15, -0.1) is 0 Å². The summed E-state index contributed by atoms with van der Waals surface area (Å²) >= 11 is 5.89. The number of carbonyl (C=O) groups excluding carboxylic acids is 3. The monoisotopic (exact) mass is 429 g/mol. The van der Waals surface area contributed by atoms with E-state index in [1.807, 2.05) is 4.90 Å². The molecule has 30 heavy (non-hydrogen) atoms. The molecule has 1 aromatic carbocycles. The zero-order valence-corrected chi connectivity index (χ0v) is 17.4. The van der Waals surface area contributed by atoms with Crippen LogP contribution in [0, 0.1) is 5.92 Å². The normalized spacial score (nSPS) is 17.8. The number of furan rings is 1. The lowest BCUT2D eigenvalue weighted by atomic mass is 9.94. The number of halogens is 1. The molecule has 2 saturated heterocycles. The maximum absolute atomic E-state index is 12.9. The Kier molecular flexibility index (Phi) is 6.08. The number of benzene rings is 1. The third-order valence-corrected chi connectivity index (χ3v) is 6.09. The molecule has 2 aromatic rings. The summed E-state index contributed by atoms with van der Waals surface area (Å²) in [5.41, 5.74) is 0.613. The third-order valence-electron chi connectivity index (χ3n) is 5.83. The SMILES string of the molecule is O=C(c1ccc(Cl)cc1)N1CCC(C(=O)N2CCN(C(=O)c3ccco3)CC2)CC1. The second-order valence-corrected chi connectivity index (χ2v) is 8.10. The van der Waals surface area contributed by atoms with Crippen molar-refractivity contribution in [1.82, 2.24) is 14.7 Å². The van der Waals surface area contributed by atoms with Crippen molar-refractivity contribution in [2.75, 3.05) is 39.3 Å². The maximum atomic E-state index is 12.9. The number of piperazine rings is 1. The average Bonchev–Trinajstić information content (AvgIpc) is 3.33. The Balaban J connectivity index is 1.26. The number of rotatable bonds is 3. The highest BCUT2D eigenvalue weighted by Crippen LogP contribution is 2.23. The van der Waals surface area contributed by atoms with Gasteiger partial charge in [-0.3, -0.25) is 14.4 Å². The molecule has 2 aliphatic heterocycles. The number of hydrogen-bond acceptors (Lipinski definition) is 4. The number of hydrogen-bond donors (Lipinski definition) is 0. The lowest BCUT2D eigenvalue weighted by molar-refractivity contribution is -0.138. The fourth-order valence-electron chi connectivity index (χ4n) is 4.05. The Bertz CT molecular complexity index is 897. The largest absolute Gasteiger partial charge is 0.459 e. The molecule has 0 atom stereocenters. The molecule has 1 aromatic heterocycles. The summed E-state index contributed by atoms with van der Waals surface area (Å²) in [6.45, 7) is 3.17. The minimum Gasteiger partial charge on any atom is -0.459 e. The van der Waals surface area contributed by atoms with Crippen LogP contribution in [0.1, 0.15) is 33.8 Å². The molecule has 158 valence electrons. The molecule has 2 fully saturated rings. The molecule has 0 unspecified atom stereocenters. The van der Waals surface area contributed by atoms with E-state index < -0.39 is 0 Å². The van der Waals surface area contributed by atoms with Crippen LogP contribution in [-0.2, 0) is 4.79 Å².